The van der Waals surface area contributed by atoms with Crippen LogP contribution in [-0.2, 0) is 11.3 Å². The van der Waals surface area contributed by atoms with E-state index in [0.29, 0.717) is 28.9 Å². The van der Waals surface area contributed by atoms with E-state index in [1.54, 1.807) is 55.5 Å². The summed E-state index contributed by atoms with van der Waals surface area (Å²) >= 11 is 6.06. The van der Waals surface area contributed by atoms with Gasteiger partial charge in [0.15, 0.2) is 17.7 Å². The number of anilines is 1. The molecular formula is C16H15ClN2O3. The number of aromatic nitrogens is 1. The topological polar surface area (TPSA) is 51.7 Å². The standard InChI is InChI=1S/C16H15ClN2O3/c1-10-16(20)19(15-14(22-10)4-3-7-18-15)9-11-8-12(17)5-6-13(11)21-2/h3-8,10H,9H2,1-2H3. The minimum atomic E-state index is -0.554. The Morgan fingerprint density at radius 2 is 2.23 bits per heavy atom. The number of fused-ring (bicyclic) bond motifs is 1. The fourth-order valence-electron chi connectivity index (χ4n) is 2.44. The second-order valence-electron chi connectivity index (χ2n) is 4.97. The Hall–Kier alpha value is -2.27. The van der Waals surface area contributed by atoms with Crippen LogP contribution in [0.1, 0.15) is 12.5 Å². The fourth-order valence-corrected chi connectivity index (χ4v) is 2.63. The molecule has 5 nitrogen and oxygen atoms in total. The summed E-state index contributed by atoms with van der Waals surface area (Å²) in [6, 6.07) is 8.90. The molecule has 1 aliphatic heterocycles. The van der Waals surface area contributed by atoms with Gasteiger partial charge in [-0.15, -0.1) is 0 Å². The van der Waals surface area contributed by atoms with E-state index in [-0.39, 0.29) is 5.91 Å². The summed E-state index contributed by atoms with van der Waals surface area (Å²) in [6.07, 6.45) is 1.08. The van der Waals surface area contributed by atoms with Crippen LogP contribution < -0.4 is 14.4 Å². The number of amides is 1. The molecule has 1 unspecified atom stereocenters. The summed E-state index contributed by atoms with van der Waals surface area (Å²) in [7, 11) is 1.59. The molecule has 2 heterocycles. The zero-order chi connectivity index (χ0) is 15.7. The maximum absolute atomic E-state index is 12.5. The van der Waals surface area contributed by atoms with Crippen molar-refractivity contribution in [2.45, 2.75) is 19.6 Å². The Labute approximate surface area is 133 Å². The lowest BCUT2D eigenvalue weighted by Gasteiger charge is -2.32. The van der Waals surface area contributed by atoms with Crippen LogP contribution in [0.3, 0.4) is 0 Å². The Morgan fingerprint density at radius 3 is 3.00 bits per heavy atom. The largest absolute Gasteiger partial charge is 0.496 e. The highest BCUT2D eigenvalue weighted by Gasteiger charge is 2.32. The fraction of sp³-hybridized carbons (Fsp3) is 0.250. The Morgan fingerprint density at radius 1 is 1.41 bits per heavy atom. The maximum atomic E-state index is 12.5. The molecule has 0 fully saturated rings. The number of benzene rings is 1. The highest BCUT2D eigenvalue weighted by atomic mass is 35.5. The van der Waals surface area contributed by atoms with E-state index in [4.69, 9.17) is 21.1 Å². The first-order chi connectivity index (χ1) is 10.6. The molecule has 0 saturated heterocycles. The maximum Gasteiger partial charge on any atom is 0.269 e. The summed E-state index contributed by atoms with van der Waals surface area (Å²) in [5.74, 6) is 1.63. The summed E-state index contributed by atoms with van der Waals surface area (Å²) in [5, 5.41) is 0.589. The van der Waals surface area contributed by atoms with Crippen LogP contribution in [0.5, 0.6) is 11.5 Å². The number of halogens is 1. The molecule has 0 saturated carbocycles. The van der Waals surface area contributed by atoms with E-state index >= 15 is 0 Å². The van der Waals surface area contributed by atoms with Gasteiger partial charge in [-0.05, 0) is 37.3 Å². The Kier molecular flexibility index (Phi) is 3.90. The van der Waals surface area contributed by atoms with Crippen molar-refractivity contribution < 1.29 is 14.3 Å². The van der Waals surface area contributed by atoms with Crippen molar-refractivity contribution in [3.05, 3.63) is 47.1 Å². The van der Waals surface area contributed by atoms with E-state index in [9.17, 15) is 4.79 Å². The third-order valence-corrected chi connectivity index (χ3v) is 3.73. The van der Waals surface area contributed by atoms with Gasteiger partial charge in [-0.1, -0.05) is 11.6 Å². The summed E-state index contributed by atoms with van der Waals surface area (Å²) in [6.45, 7) is 2.04. The predicted molar refractivity (Wildman–Crippen MR) is 83.5 cm³/mol. The number of carbonyl (C=O) groups excluding carboxylic acids is 1. The number of ether oxygens (including phenoxy) is 2. The number of carbonyl (C=O) groups is 1. The lowest BCUT2D eigenvalue weighted by Crippen LogP contribution is -2.44. The number of rotatable bonds is 3. The first-order valence-corrected chi connectivity index (χ1v) is 7.23. The minimum absolute atomic E-state index is 0.145. The van der Waals surface area contributed by atoms with Gasteiger partial charge in [0, 0.05) is 16.8 Å². The second kappa shape index (κ2) is 5.85. The SMILES string of the molecule is COc1ccc(Cl)cc1CN1C(=O)C(C)Oc2cccnc21. The summed E-state index contributed by atoms with van der Waals surface area (Å²) < 4.78 is 10.9. The molecule has 3 rings (SSSR count). The van der Waals surface area contributed by atoms with Gasteiger partial charge in [0.2, 0.25) is 0 Å². The van der Waals surface area contributed by atoms with Gasteiger partial charge in [-0.3, -0.25) is 9.69 Å². The zero-order valence-corrected chi connectivity index (χ0v) is 13.0. The van der Waals surface area contributed by atoms with E-state index in [1.807, 2.05) is 0 Å². The first-order valence-electron chi connectivity index (χ1n) is 6.85. The third-order valence-electron chi connectivity index (χ3n) is 3.49. The molecule has 0 bridgehead atoms. The Balaban J connectivity index is 2.01. The van der Waals surface area contributed by atoms with Crippen LogP contribution in [-0.4, -0.2) is 24.1 Å². The quantitative estimate of drug-likeness (QED) is 0.872. The van der Waals surface area contributed by atoms with Crippen LogP contribution >= 0.6 is 11.6 Å². The molecule has 0 radical (unpaired) electrons. The molecule has 0 aliphatic carbocycles. The minimum Gasteiger partial charge on any atom is -0.496 e. The zero-order valence-electron chi connectivity index (χ0n) is 12.2. The van der Waals surface area contributed by atoms with Crippen LogP contribution in [0.25, 0.3) is 0 Å². The summed E-state index contributed by atoms with van der Waals surface area (Å²) in [5.41, 5.74) is 0.814. The molecular weight excluding hydrogens is 304 g/mol. The number of pyridine rings is 1. The normalized spacial score (nSPS) is 17.0. The first kappa shape index (κ1) is 14.7. The summed E-state index contributed by atoms with van der Waals surface area (Å²) in [4.78, 5) is 18.3. The van der Waals surface area contributed by atoms with Gasteiger partial charge in [0.1, 0.15) is 5.75 Å². The average molecular weight is 319 g/mol. The van der Waals surface area contributed by atoms with E-state index in [1.165, 1.54) is 0 Å². The van der Waals surface area contributed by atoms with Crippen molar-refractivity contribution in [2.24, 2.45) is 0 Å². The highest BCUT2D eigenvalue weighted by Crippen LogP contribution is 2.34. The van der Waals surface area contributed by atoms with Crippen molar-refractivity contribution in [3.8, 4) is 11.5 Å². The predicted octanol–water partition coefficient (Wildman–Crippen LogP) is 3.06. The molecule has 1 aliphatic rings. The number of methoxy groups -OCH3 is 1. The average Bonchev–Trinajstić information content (AvgIpc) is 2.52. The van der Waals surface area contributed by atoms with E-state index in [2.05, 4.69) is 4.98 Å². The van der Waals surface area contributed by atoms with Gasteiger partial charge in [0.05, 0.1) is 13.7 Å². The molecule has 0 N–H and O–H groups in total. The van der Waals surface area contributed by atoms with Crippen molar-refractivity contribution in [3.63, 3.8) is 0 Å². The monoisotopic (exact) mass is 318 g/mol. The van der Waals surface area contributed by atoms with Crippen LogP contribution in [0.15, 0.2) is 36.5 Å². The third kappa shape index (κ3) is 2.60. The van der Waals surface area contributed by atoms with Crippen LogP contribution in [0.4, 0.5) is 5.82 Å². The second-order valence-corrected chi connectivity index (χ2v) is 5.40. The smallest absolute Gasteiger partial charge is 0.269 e. The van der Waals surface area contributed by atoms with Gasteiger partial charge in [-0.2, -0.15) is 0 Å². The molecule has 1 amide bonds. The molecule has 22 heavy (non-hydrogen) atoms. The molecule has 6 heteroatoms. The van der Waals surface area contributed by atoms with Crippen molar-refractivity contribution in [2.75, 3.05) is 12.0 Å². The van der Waals surface area contributed by atoms with Crippen LogP contribution in [0.2, 0.25) is 5.02 Å². The van der Waals surface area contributed by atoms with Crippen molar-refractivity contribution >= 4 is 23.3 Å². The molecule has 1 aromatic carbocycles. The molecule has 0 spiro atoms. The molecule has 114 valence electrons. The van der Waals surface area contributed by atoms with Gasteiger partial charge < -0.3 is 9.47 Å². The Bertz CT molecular complexity index is 720. The van der Waals surface area contributed by atoms with Gasteiger partial charge in [0.25, 0.3) is 5.91 Å². The van der Waals surface area contributed by atoms with Gasteiger partial charge in [-0.25, -0.2) is 4.98 Å². The number of hydrogen-bond acceptors (Lipinski definition) is 4. The van der Waals surface area contributed by atoms with E-state index in [0.717, 1.165) is 5.56 Å². The molecule has 1 aromatic heterocycles. The molecule has 2 aromatic rings. The van der Waals surface area contributed by atoms with E-state index < -0.39 is 6.10 Å². The molecule has 1 atom stereocenters. The lowest BCUT2D eigenvalue weighted by molar-refractivity contribution is -0.125. The van der Waals surface area contributed by atoms with Crippen molar-refractivity contribution in [1.82, 2.24) is 4.98 Å². The lowest BCUT2D eigenvalue weighted by atomic mass is 10.1. The van der Waals surface area contributed by atoms with Gasteiger partial charge >= 0.3 is 0 Å². The number of nitrogens with zero attached hydrogens (tertiary/aromatic N) is 2. The van der Waals surface area contributed by atoms with Crippen molar-refractivity contribution in [1.29, 1.82) is 0 Å². The number of hydrogen-bond donors (Lipinski definition) is 0. The highest BCUT2D eigenvalue weighted by molar-refractivity contribution is 6.30. The van der Waals surface area contributed by atoms with Crippen LogP contribution in [0, 0.1) is 0 Å².